The van der Waals surface area contributed by atoms with Gasteiger partial charge in [0.15, 0.2) is 0 Å². The number of carboxylic acid groups (broad SMARTS) is 1. The van der Waals surface area contributed by atoms with E-state index < -0.39 is 5.97 Å². The van der Waals surface area contributed by atoms with E-state index >= 15 is 0 Å². The van der Waals surface area contributed by atoms with E-state index in [1.807, 2.05) is 37.3 Å². The summed E-state index contributed by atoms with van der Waals surface area (Å²) < 4.78 is 0. The third kappa shape index (κ3) is 6.79. The number of carboxylic acids is 1. The van der Waals surface area contributed by atoms with Gasteiger partial charge in [0, 0.05) is 18.9 Å². The van der Waals surface area contributed by atoms with Crippen LogP contribution in [0.1, 0.15) is 31.2 Å². The van der Waals surface area contributed by atoms with Crippen LogP contribution in [0.15, 0.2) is 30.3 Å². The molecule has 1 aromatic carbocycles. The second kappa shape index (κ2) is 9.14. The molecule has 1 amide bonds. The average Bonchev–Trinajstić information content (AvgIpc) is 2.34. The van der Waals surface area contributed by atoms with E-state index in [0.29, 0.717) is 6.54 Å². The van der Waals surface area contributed by atoms with Crippen LogP contribution in [-0.2, 0) is 9.59 Å². The fraction of sp³-hybridized carbons (Fsp3) is 0.385. The molecule has 0 spiro atoms. The standard InChI is InChI=1S/C13H17NO3.Na/c1-10(11-5-3-2-4-6-11)9-14-12(15)7-8-13(16)17;/h2-6,10H,7-9H2,1H3,(H,14,15)(H,16,17);/q;+1/p-1. The summed E-state index contributed by atoms with van der Waals surface area (Å²) in [5.74, 6) is -1.24. The molecule has 1 unspecified atom stereocenters. The van der Waals surface area contributed by atoms with Crippen LogP contribution in [0.4, 0.5) is 0 Å². The molecule has 0 fully saturated rings. The topological polar surface area (TPSA) is 69.2 Å². The molecule has 0 bridgehead atoms. The van der Waals surface area contributed by atoms with E-state index in [1.54, 1.807) is 0 Å². The van der Waals surface area contributed by atoms with E-state index in [4.69, 9.17) is 0 Å². The van der Waals surface area contributed by atoms with Crippen molar-refractivity contribution in [3.8, 4) is 0 Å². The molecule has 4 nitrogen and oxygen atoms in total. The Morgan fingerprint density at radius 3 is 2.39 bits per heavy atom. The predicted molar refractivity (Wildman–Crippen MR) is 62.1 cm³/mol. The molecule has 0 saturated carbocycles. The van der Waals surface area contributed by atoms with Gasteiger partial charge < -0.3 is 15.2 Å². The summed E-state index contributed by atoms with van der Waals surface area (Å²) in [7, 11) is 0. The molecular weight excluding hydrogens is 241 g/mol. The summed E-state index contributed by atoms with van der Waals surface area (Å²) >= 11 is 0. The van der Waals surface area contributed by atoms with Crippen molar-refractivity contribution in [1.82, 2.24) is 5.32 Å². The van der Waals surface area contributed by atoms with Crippen LogP contribution in [-0.4, -0.2) is 18.4 Å². The third-order valence-electron chi connectivity index (χ3n) is 2.53. The molecule has 1 N–H and O–H groups in total. The number of hydrogen-bond donors (Lipinski definition) is 1. The van der Waals surface area contributed by atoms with Gasteiger partial charge in [-0.3, -0.25) is 4.79 Å². The molecule has 0 aliphatic rings. The number of hydrogen-bond acceptors (Lipinski definition) is 3. The van der Waals surface area contributed by atoms with Gasteiger partial charge in [0.2, 0.25) is 5.91 Å². The number of carbonyl (C=O) groups excluding carboxylic acids is 2. The molecule has 0 heterocycles. The van der Waals surface area contributed by atoms with Gasteiger partial charge in [0.05, 0.1) is 0 Å². The molecule has 0 aromatic heterocycles. The molecule has 0 aliphatic heterocycles. The van der Waals surface area contributed by atoms with Crippen LogP contribution < -0.4 is 40.0 Å². The maximum atomic E-state index is 11.3. The Bertz CT molecular complexity index is 381. The Labute approximate surface area is 129 Å². The van der Waals surface area contributed by atoms with Gasteiger partial charge in [-0.25, -0.2) is 0 Å². The van der Waals surface area contributed by atoms with Gasteiger partial charge in [0.25, 0.3) is 0 Å². The summed E-state index contributed by atoms with van der Waals surface area (Å²) in [6, 6.07) is 9.83. The number of benzene rings is 1. The zero-order chi connectivity index (χ0) is 12.7. The molecule has 0 radical (unpaired) electrons. The van der Waals surface area contributed by atoms with E-state index in [2.05, 4.69) is 5.32 Å². The summed E-state index contributed by atoms with van der Waals surface area (Å²) in [5.41, 5.74) is 1.15. The van der Waals surface area contributed by atoms with Crippen LogP contribution in [0.25, 0.3) is 0 Å². The zero-order valence-electron chi connectivity index (χ0n) is 10.8. The van der Waals surface area contributed by atoms with Crippen LogP contribution in [0.2, 0.25) is 0 Å². The van der Waals surface area contributed by atoms with E-state index in [-0.39, 0.29) is 54.2 Å². The van der Waals surface area contributed by atoms with Gasteiger partial charge in [0.1, 0.15) is 0 Å². The fourth-order valence-corrected chi connectivity index (χ4v) is 1.47. The molecule has 92 valence electrons. The minimum absolute atomic E-state index is 0. The van der Waals surface area contributed by atoms with E-state index in [1.165, 1.54) is 0 Å². The number of aliphatic carboxylic acids is 1. The Morgan fingerprint density at radius 1 is 1.22 bits per heavy atom. The summed E-state index contributed by atoms with van der Waals surface area (Å²) in [6.07, 6.45) is -0.255. The van der Waals surface area contributed by atoms with Crippen LogP contribution in [0.3, 0.4) is 0 Å². The predicted octanol–water partition coefficient (Wildman–Crippen LogP) is -2.56. The smallest absolute Gasteiger partial charge is 0.550 e. The van der Waals surface area contributed by atoms with Crippen LogP contribution in [0, 0.1) is 0 Å². The van der Waals surface area contributed by atoms with E-state index in [0.717, 1.165) is 5.56 Å². The summed E-state index contributed by atoms with van der Waals surface area (Å²) in [5, 5.41) is 12.9. The van der Waals surface area contributed by atoms with E-state index in [9.17, 15) is 14.7 Å². The normalized spacial score (nSPS) is 11.2. The van der Waals surface area contributed by atoms with Gasteiger partial charge in [-0.15, -0.1) is 0 Å². The quantitative estimate of drug-likeness (QED) is 0.570. The molecule has 0 aliphatic carbocycles. The van der Waals surface area contributed by atoms with Gasteiger partial charge >= 0.3 is 29.6 Å². The van der Waals surface area contributed by atoms with Gasteiger partial charge in [-0.2, -0.15) is 0 Å². The molecule has 1 rings (SSSR count). The first-order valence-corrected chi connectivity index (χ1v) is 5.61. The van der Waals surface area contributed by atoms with Crippen LogP contribution >= 0.6 is 0 Å². The first-order valence-electron chi connectivity index (χ1n) is 5.61. The van der Waals surface area contributed by atoms with Gasteiger partial charge in [-0.05, 0) is 17.9 Å². The minimum Gasteiger partial charge on any atom is -0.550 e. The molecule has 1 atom stereocenters. The number of nitrogens with one attached hydrogen (secondary N) is 1. The molecular formula is C13H16NNaO3. The molecule has 5 heteroatoms. The number of amides is 1. The maximum Gasteiger partial charge on any atom is 1.00 e. The maximum absolute atomic E-state index is 11.3. The molecule has 18 heavy (non-hydrogen) atoms. The Kier molecular flexibility index (Phi) is 8.71. The minimum atomic E-state index is -1.20. The van der Waals surface area contributed by atoms with Crippen molar-refractivity contribution in [3.63, 3.8) is 0 Å². The Morgan fingerprint density at radius 2 is 1.83 bits per heavy atom. The van der Waals surface area contributed by atoms with Crippen LogP contribution in [0.5, 0.6) is 0 Å². The molecule has 0 saturated heterocycles. The van der Waals surface area contributed by atoms with Crippen molar-refractivity contribution in [2.75, 3.05) is 6.54 Å². The summed E-state index contributed by atoms with van der Waals surface area (Å²) in [6.45, 7) is 2.52. The van der Waals surface area contributed by atoms with Crippen molar-refractivity contribution in [2.45, 2.75) is 25.7 Å². The zero-order valence-corrected chi connectivity index (χ0v) is 12.8. The number of rotatable bonds is 6. The Hall–Kier alpha value is -0.840. The number of carbonyl (C=O) groups is 2. The Balaban J connectivity index is 0.00000289. The van der Waals surface area contributed by atoms with Crippen molar-refractivity contribution in [2.24, 2.45) is 0 Å². The monoisotopic (exact) mass is 257 g/mol. The largest absolute Gasteiger partial charge is 1.00 e. The SMILES string of the molecule is CC(CNC(=O)CCC(=O)[O-])c1ccccc1.[Na+]. The first kappa shape index (κ1) is 17.2. The summed E-state index contributed by atoms with van der Waals surface area (Å²) in [4.78, 5) is 21.5. The first-order chi connectivity index (χ1) is 8.09. The van der Waals surface area contributed by atoms with Crippen molar-refractivity contribution in [3.05, 3.63) is 35.9 Å². The van der Waals surface area contributed by atoms with Crippen molar-refractivity contribution < 1.29 is 44.3 Å². The third-order valence-corrected chi connectivity index (χ3v) is 2.53. The second-order valence-corrected chi connectivity index (χ2v) is 3.99. The average molecular weight is 257 g/mol. The fourth-order valence-electron chi connectivity index (χ4n) is 1.47. The molecule has 1 aromatic rings. The van der Waals surface area contributed by atoms with Crippen molar-refractivity contribution >= 4 is 11.9 Å². The van der Waals surface area contributed by atoms with Gasteiger partial charge in [-0.1, -0.05) is 37.3 Å². The second-order valence-electron chi connectivity index (χ2n) is 3.99. The van der Waals surface area contributed by atoms with Crippen molar-refractivity contribution in [1.29, 1.82) is 0 Å².